The molecular formula is C12H12ClN3O. The van der Waals surface area contributed by atoms with E-state index in [9.17, 15) is 4.79 Å². The molecule has 1 aromatic heterocycles. The molecule has 0 spiro atoms. The van der Waals surface area contributed by atoms with Crippen LogP contribution in [0.4, 0.5) is 0 Å². The van der Waals surface area contributed by atoms with E-state index in [2.05, 4.69) is 9.97 Å². The van der Waals surface area contributed by atoms with Gasteiger partial charge in [-0.1, -0.05) is 30.7 Å². The van der Waals surface area contributed by atoms with E-state index in [1.807, 2.05) is 6.92 Å². The summed E-state index contributed by atoms with van der Waals surface area (Å²) in [5.41, 5.74) is 7.19. The van der Waals surface area contributed by atoms with Crippen molar-refractivity contribution in [2.75, 3.05) is 0 Å². The molecule has 4 nitrogen and oxygen atoms in total. The minimum atomic E-state index is -0.445. The molecule has 1 heterocycles. The average Bonchev–Trinajstić information content (AvgIpc) is 2.71. The van der Waals surface area contributed by atoms with E-state index in [1.54, 1.807) is 24.3 Å². The Morgan fingerprint density at radius 3 is 2.53 bits per heavy atom. The number of rotatable bonds is 3. The fraction of sp³-hybridized carbons (Fsp3) is 0.167. The van der Waals surface area contributed by atoms with Crippen LogP contribution < -0.4 is 5.73 Å². The van der Waals surface area contributed by atoms with Crippen molar-refractivity contribution in [2.24, 2.45) is 5.73 Å². The molecule has 1 amide bonds. The molecule has 5 heteroatoms. The Morgan fingerprint density at radius 1 is 1.41 bits per heavy atom. The summed E-state index contributed by atoms with van der Waals surface area (Å²) in [6.45, 7) is 2.00. The van der Waals surface area contributed by atoms with E-state index < -0.39 is 5.91 Å². The molecule has 1 aromatic carbocycles. The van der Waals surface area contributed by atoms with Crippen molar-refractivity contribution in [1.82, 2.24) is 9.97 Å². The van der Waals surface area contributed by atoms with E-state index in [0.29, 0.717) is 16.4 Å². The van der Waals surface area contributed by atoms with Crippen LogP contribution in [-0.4, -0.2) is 15.9 Å². The van der Waals surface area contributed by atoms with Crippen molar-refractivity contribution in [1.29, 1.82) is 0 Å². The van der Waals surface area contributed by atoms with Crippen LogP contribution >= 0.6 is 11.6 Å². The van der Waals surface area contributed by atoms with Crippen molar-refractivity contribution in [3.63, 3.8) is 0 Å². The first kappa shape index (κ1) is 11.7. The standard InChI is InChI=1S/C12H12ClN3O/c1-2-9-15-10(11(13)16-9)7-3-5-8(6-4-7)12(14)17/h3-6H,2H2,1H3,(H2,14,17)(H,15,16). The van der Waals surface area contributed by atoms with Crippen LogP contribution in [0.3, 0.4) is 0 Å². The highest BCUT2D eigenvalue weighted by Gasteiger charge is 2.10. The molecule has 0 aliphatic carbocycles. The number of nitrogens with one attached hydrogen (secondary N) is 1. The molecule has 0 aliphatic rings. The predicted molar refractivity (Wildman–Crippen MR) is 66.9 cm³/mol. The molecule has 0 unspecified atom stereocenters. The Balaban J connectivity index is 2.39. The third-order valence-corrected chi connectivity index (χ3v) is 2.76. The number of hydrogen-bond acceptors (Lipinski definition) is 2. The summed E-state index contributed by atoms with van der Waals surface area (Å²) < 4.78 is 0. The van der Waals surface area contributed by atoms with Crippen molar-refractivity contribution in [3.05, 3.63) is 40.8 Å². The van der Waals surface area contributed by atoms with Gasteiger partial charge >= 0.3 is 0 Å². The molecule has 2 aromatic rings. The Kier molecular flexibility index (Phi) is 3.15. The second kappa shape index (κ2) is 4.59. The number of amides is 1. The highest BCUT2D eigenvalue weighted by Crippen LogP contribution is 2.25. The maximum Gasteiger partial charge on any atom is 0.248 e. The van der Waals surface area contributed by atoms with Crippen LogP contribution in [0, 0.1) is 0 Å². The van der Waals surface area contributed by atoms with Crippen molar-refractivity contribution >= 4 is 17.5 Å². The molecule has 0 fully saturated rings. The van der Waals surface area contributed by atoms with Crippen molar-refractivity contribution in [3.8, 4) is 11.3 Å². The lowest BCUT2D eigenvalue weighted by Crippen LogP contribution is -2.10. The number of carbonyl (C=O) groups is 1. The molecular weight excluding hydrogens is 238 g/mol. The number of carbonyl (C=O) groups excluding carboxylic acids is 1. The number of aromatic amines is 1. The predicted octanol–water partition coefficient (Wildman–Crippen LogP) is 2.39. The molecule has 0 atom stereocenters. The number of halogens is 1. The van der Waals surface area contributed by atoms with Crippen LogP contribution in [0.2, 0.25) is 5.15 Å². The lowest BCUT2D eigenvalue weighted by molar-refractivity contribution is 0.100. The molecule has 3 N–H and O–H groups in total. The van der Waals surface area contributed by atoms with Gasteiger partial charge in [-0.15, -0.1) is 0 Å². The quantitative estimate of drug-likeness (QED) is 0.877. The van der Waals surface area contributed by atoms with Crippen LogP contribution in [0.25, 0.3) is 11.3 Å². The van der Waals surface area contributed by atoms with Gasteiger partial charge in [0.25, 0.3) is 0 Å². The number of nitrogens with two attached hydrogens (primary N) is 1. The van der Waals surface area contributed by atoms with Crippen molar-refractivity contribution in [2.45, 2.75) is 13.3 Å². The van der Waals surface area contributed by atoms with E-state index in [4.69, 9.17) is 17.3 Å². The summed E-state index contributed by atoms with van der Waals surface area (Å²) in [6, 6.07) is 6.88. The third kappa shape index (κ3) is 2.31. The van der Waals surface area contributed by atoms with Gasteiger partial charge in [-0.05, 0) is 12.1 Å². The summed E-state index contributed by atoms with van der Waals surface area (Å²) in [5, 5.41) is 0.508. The molecule has 0 bridgehead atoms. The molecule has 0 saturated carbocycles. The molecule has 2 rings (SSSR count). The second-order valence-electron chi connectivity index (χ2n) is 3.64. The van der Waals surface area contributed by atoms with Gasteiger partial charge < -0.3 is 10.7 Å². The van der Waals surface area contributed by atoms with Crippen LogP contribution in [0.1, 0.15) is 23.1 Å². The first-order valence-corrected chi connectivity index (χ1v) is 5.64. The Labute approximate surface area is 104 Å². The minimum absolute atomic E-state index is 0.445. The van der Waals surface area contributed by atoms with Gasteiger partial charge in [-0.25, -0.2) is 4.98 Å². The highest BCUT2D eigenvalue weighted by molar-refractivity contribution is 6.31. The Morgan fingerprint density at radius 2 is 2.06 bits per heavy atom. The number of hydrogen-bond donors (Lipinski definition) is 2. The summed E-state index contributed by atoms with van der Waals surface area (Å²) in [6.07, 6.45) is 0.791. The van der Waals surface area contributed by atoms with Gasteiger partial charge in [0.15, 0.2) is 0 Å². The normalized spacial score (nSPS) is 10.5. The average molecular weight is 250 g/mol. The maximum absolute atomic E-state index is 10.9. The zero-order valence-corrected chi connectivity index (χ0v) is 10.1. The second-order valence-corrected chi connectivity index (χ2v) is 4.02. The van der Waals surface area contributed by atoms with Crippen molar-refractivity contribution < 1.29 is 4.79 Å². The zero-order chi connectivity index (χ0) is 12.4. The number of imidazole rings is 1. The SMILES string of the molecule is CCc1nc(-c2ccc(C(N)=O)cc2)c(Cl)[nH]1. The smallest absolute Gasteiger partial charge is 0.248 e. The number of aryl methyl sites for hydroxylation is 1. The largest absolute Gasteiger partial charge is 0.366 e. The first-order chi connectivity index (χ1) is 8.11. The lowest BCUT2D eigenvalue weighted by Gasteiger charge is -1.99. The van der Waals surface area contributed by atoms with Crippen LogP contribution in [-0.2, 0) is 6.42 Å². The monoisotopic (exact) mass is 249 g/mol. The van der Waals surface area contributed by atoms with E-state index >= 15 is 0 Å². The zero-order valence-electron chi connectivity index (χ0n) is 9.33. The fourth-order valence-electron chi connectivity index (χ4n) is 1.55. The van der Waals surface area contributed by atoms with E-state index in [-0.39, 0.29) is 0 Å². The summed E-state index contributed by atoms with van der Waals surface area (Å²) in [5.74, 6) is 0.392. The van der Waals surface area contributed by atoms with Gasteiger partial charge in [-0.3, -0.25) is 4.79 Å². The van der Waals surface area contributed by atoms with Gasteiger partial charge in [-0.2, -0.15) is 0 Å². The van der Waals surface area contributed by atoms with E-state index in [0.717, 1.165) is 17.8 Å². The lowest BCUT2D eigenvalue weighted by atomic mass is 10.1. The summed E-state index contributed by atoms with van der Waals surface area (Å²) in [7, 11) is 0. The Hall–Kier alpha value is -1.81. The molecule has 0 radical (unpaired) electrons. The van der Waals surface area contributed by atoms with Gasteiger partial charge in [0, 0.05) is 17.5 Å². The van der Waals surface area contributed by atoms with Crippen LogP contribution in [0.15, 0.2) is 24.3 Å². The number of nitrogens with zero attached hydrogens (tertiary/aromatic N) is 1. The third-order valence-electron chi connectivity index (χ3n) is 2.49. The number of primary amides is 1. The van der Waals surface area contributed by atoms with Crippen LogP contribution in [0.5, 0.6) is 0 Å². The number of aromatic nitrogens is 2. The fourth-order valence-corrected chi connectivity index (χ4v) is 1.81. The summed E-state index contributed by atoms with van der Waals surface area (Å²) in [4.78, 5) is 18.3. The molecule has 17 heavy (non-hydrogen) atoms. The number of H-pyrrole nitrogens is 1. The molecule has 0 saturated heterocycles. The number of benzene rings is 1. The first-order valence-electron chi connectivity index (χ1n) is 5.26. The maximum atomic E-state index is 10.9. The molecule has 0 aliphatic heterocycles. The highest BCUT2D eigenvalue weighted by atomic mass is 35.5. The topological polar surface area (TPSA) is 71.8 Å². The van der Waals surface area contributed by atoms with E-state index in [1.165, 1.54) is 0 Å². The van der Waals surface area contributed by atoms with Gasteiger partial charge in [0.2, 0.25) is 5.91 Å². The minimum Gasteiger partial charge on any atom is -0.366 e. The van der Waals surface area contributed by atoms with Gasteiger partial charge in [0.1, 0.15) is 16.7 Å². The summed E-state index contributed by atoms with van der Waals surface area (Å²) >= 11 is 6.05. The Bertz CT molecular complexity index is 545. The molecule has 88 valence electrons. The van der Waals surface area contributed by atoms with Gasteiger partial charge in [0.05, 0.1) is 0 Å².